The van der Waals surface area contributed by atoms with Gasteiger partial charge < -0.3 is 9.30 Å². The van der Waals surface area contributed by atoms with Gasteiger partial charge in [-0.1, -0.05) is 18.9 Å². The Balaban J connectivity index is 2.01. The van der Waals surface area contributed by atoms with E-state index >= 15 is 0 Å². The van der Waals surface area contributed by atoms with Gasteiger partial charge in [0.15, 0.2) is 0 Å². The summed E-state index contributed by atoms with van der Waals surface area (Å²) in [5.74, 6) is 3.38. The van der Waals surface area contributed by atoms with Crippen molar-refractivity contribution in [1.29, 1.82) is 0 Å². The van der Waals surface area contributed by atoms with Gasteiger partial charge >= 0.3 is 0 Å². The number of hydrogen-bond acceptors (Lipinski definition) is 2. The molecule has 4 heteroatoms. The summed E-state index contributed by atoms with van der Waals surface area (Å²) in [5.41, 5.74) is 2.17. The van der Waals surface area contributed by atoms with Crippen molar-refractivity contribution in [2.45, 2.75) is 45.6 Å². The predicted molar refractivity (Wildman–Crippen MR) is 87.3 cm³/mol. The average Bonchev–Trinajstić information content (AvgIpc) is 3.10. The Labute approximate surface area is 131 Å². The van der Waals surface area contributed by atoms with E-state index in [2.05, 4.69) is 16.7 Å². The molecule has 114 valence electrons. The maximum atomic E-state index is 5.97. The van der Waals surface area contributed by atoms with E-state index in [9.17, 15) is 0 Å². The van der Waals surface area contributed by atoms with Gasteiger partial charge in [0.1, 0.15) is 17.1 Å². The average molecular weight is 307 g/mol. The monoisotopic (exact) mass is 306 g/mol. The Morgan fingerprint density at radius 3 is 2.86 bits per heavy atom. The van der Waals surface area contributed by atoms with Crippen LogP contribution in [0.2, 0.25) is 0 Å². The standard InChI is InChI=1S/C17H23ClN2O/c1-2-21-15-9-5-8-14-17(15)19-16(10-11-18)20(14)12-13-6-3-4-7-13/h5,8-9,13H,2-4,6-7,10-12H2,1H3. The molecule has 0 unspecified atom stereocenters. The third-order valence-electron chi connectivity index (χ3n) is 4.35. The maximum Gasteiger partial charge on any atom is 0.147 e. The second-order valence-electron chi connectivity index (χ2n) is 5.78. The lowest BCUT2D eigenvalue weighted by Gasteiger charge is -2.14. The highest BCUT2D eigenvalue weighted by molar-refractivity contribution is 6.17. The van der Waals surface area contributed by atoms with Gasteiger partial charge in [-0.25, -0.2) is 4.98 Å². The number of halogens is 1. The van der Waals surface area contributed by atoms with Crippen LogP contribution in [0.3, 0.4) is 0 Å². The molecule has 21 heavy (non-hydrogen) atoms. The summed E-state index contributed by atoms with van der Waals surface area (Å²) in [4.78, 5) is 4.82. The van der Waals surface area contributed by atoms with Gasteiger partial charge in [-0.2, -0.15) is 0 Å². The molecule has 0 atom stereocenters. The number of para-hydroxylation sites is 1. The summed E-state index contributed by atoms with van der Waals surface area (Å²) >= 11 is 5.97. The number of alkyl halides is 1. The summed E-state index contributed by atoms with van der Waals surface area (Å²) in [5, 5.41) is 0. The van der Waals surface area contributed by atoms with Crippen molar-refractivity contribution in [3.63, 3.8) is 0 Å². The molecule has 0 saturated heterocycles. The van der Waals surface area contributed by atoms with Crippen molar-refractivity contribution >= 4 is 22.6 Å². The molecular formula is C17H23ClN2O. The highest BCUT2D eigenvalue weighted by Gasteiger charge is 2.20. The van der Waals surface area contributed by atoms with Crippen LogP contribution in [-0.2, 0) is 13.0 Å². The lowest BCUT2D eigenvalue weighted by Crippen LogP contribution is -2.11. The van der Waals surface area contributed by atoms with Gasteiger partial charge in [0, 0.05) is 18.8 Å². The number of ether oxygens (including phenoxy) is 1. The number of aromatic nitrogens is 2. The zero-order valence-electron chi connectivity index (χ0n) is 12.6. The van der Waals surface area contributed by atoms with E-state index in [1.165, 1.54) is 31.2 Å². The molecule has 2 aromatic rings. The third-order valence-corrected chi connectivity index (χ3v) is 4.54. The number of benzene rings is 1. The van der Waals surface area contributed by atoms with Gasteiger partial charge in [-0.3, -0.25) is 0 Å². The minimum Gasteiger partial charge on any atom is -0.492 e. The quantitative estimate of drug-likeness (QED) is 0.739. The van der Waals surface area contributed by atoms with Crippen LogP contribution in [-0.4, -0.2) is 22.0 Å². The number of hydrogen-bond donors (Lipinski definition) is 0. The lowest BCUT2D eigenvalue weighted by atomic mass is 10.1. The van der Waals surface area contributed by atoms with Crippen molar-refractivity contribution in [2.24, 2.45) is 5.92 Å². The molecule has 1 aliphatic carbocycles. The van der Waals surface area contributed by atoms with Crippen molar-refractivity contribution in [3.05, 3.63) is 24.0 Å². The highest BCUT2D eigenvalue weighted by Crippen LogP contribution is 2.31. The number of imidazole rings is 1. The Morgan fingerprint density at radius 2 is 2.14 bits per heavy atom. The highest BCUT2D eigenvalue weighted by atomic mass is 35.5. The molecule has 1 aromatic heterocycles. The van der Waals surface area contributed by atoms with E-state index in [0.717, 1.165) is 36.0 Å². The molecule has 0 aliphatic heterocycles. The summed E-state index contributed by atoms with van der Waals surface area (Å²) in [6.45, 7) is 3.74. The smallest absolute Gasteiger partial charge is 0.147 e. The van der Waals surface area contributed by atoms with E-state index in [0.29, 0.717) is 12.5 Å². The first-order chi connectivity index (χ1) is 10.3. The SMILES string of the molecule is CCOc1cccc2c1nc(CCCl)n2CC1CCCC1. The normalized spacial score (nSPS) is 15.9. The first-order valence-corrected chi connectivity index (χ1v) is 8.53. The summed E-state index contributed by atoms with van der Waals surface area (Å²) in [6, 6.07) is 6.21. The predicted octanol–water partition coefficient (Wildman–Crippen LogP) is 4.41. The van der Waals surface area contributed by atoms with Crippen LogP contribution in [0, 0.1) is 5.92 Å². The fourth-order valence-corrected chi connectivity index (χ4v) is 3.54. The molecule has 0 N–H and O–H groups in total. The van der Waals surface area contributed by atoms with E-state index in [4.69, 9.17) is 21.3 Å². The van der Waals surface area contributed by atoms with Gasteiger partial charge in [0.2, 0.25) is 0 Å². The van der Waals surface area contributed by atoms with Gasteiger partial charge in [-0.05, 0) is 37.8 Å². The van der Waals surface area contributed by atoms with Crippen molar-refractivity contribution < 1.29 is 4.74 Å². The minimum absolute atomic E-state index is 0.609. The summed E-state index contributed by atoms with van der Waals surface area (Å²) in [7, 11) is 0. The Kier molecular flexibility index (Phi) is 4.69. The molecule has 0 bridgehead atoms. The minimum atomic E-state index is 0.609. The van der Waals surface area contributed by atoms with Gasteiger partial charge in [0.25, 0.3) is 0 Å². The van der Waals surface area contributed by atoms with Crippen LogP contribution < -0.4 is 4.74 Å². The van der Waals surface area contributed by atoms with Crippen LogP contribution in [0.25, 0.3) is 11.0 Å². The zero-order chi connectivity index (χ0) is 14.7. The van der Waals surface area contributed by atoms with Gasteiger partial charge in [-0.15, -0.1) is 11.6 Å². The van der Waals surface area contributed by atoms with E-state index < -0.39 is 0 Å². The zero-order valence-corrected chi connectivity index (χ0v) is 13.4. The van der Waals surface area contributed by atoms with Crippen LogP contribution in [0.15, 0.2) is 18.2 Å². The Bertz CT molecular complexity index is 602. The fourth-order valence-electron chi connectivity index (χ4n) is 3.37. The molecule has 0 amide bonds. The second kappa shape index (κ2) is 6.69. The molecule has 1 saturated carbocycles. The van der Waals surface area contributed by atoms with Crippen molar-refractivity contribution in [1.82, 2.24) is 9.55 Å². The van der Waals surface area contributed by atoms with Crippen molar-refractivity contribution in [2.75, 3.05) is 12.5 Å². The topological polar surface area (TPSA) is 27.1 Å². The van der Waals surface area contributed by atoms with Crippen LogP contribution in [0.4, 0.5) is 0 Å². The largest absolute Gasteiger partial charge is 0.492 e. The molecule has 1 aliphatic rings. The summed E-state index contributed by atoms with van der Waals surface area (Å²) < 4.78 is 8.10. The molecule has 1 fully saturated rings. The van der Waals surface area contributed by atoms with Crippen LogP contribution >= 0.6 is 11.6 Å². The molecule has 0 spiro atoms. The van der Waals surface area contributed by atoms with Gasteiger partial charge in [0.05, 0.1) is 12.1 Å². The van der Waals surface area contributed by atoms with Crippen molar-refractivity contribution in [3.8, 4) is 5.75 Å². The number of fused-ring (bicyclic) bond motifs is 1. The number of rotatable bonds is 6. The molecule has 3 rings (SSSR count). The first-order valence-electron chi connectivity index (χ1n) is 8.00. The van der Waals surface area contributed by atoms with Crippen LogP contribution in [0.1, 0.15) is 38.4 Å². The molecular weight excluding hydrogens is 284 g/mol. The molecule has 1 aromatic carbocycles. The first kappa shape index (κ1) is 14.7. The fraction of sp³-hybridized carbons (Fsp3) is 0.588. The number of nitrogens with zero attached hydrogens (tertiary/aromatic N) is 2. The molecule has 3 nitrogen and oxygen atoms in total. The van der Waals surface area contributed by atoms with Crippen LogP contribution in [0.5, 0.6) is 5.75 Å². The molecule has 0 radical (unpaired) electrons. The Hall–Kier alpha value is -1.22. The summed E-state index contributed by atoms with van der Waals surface area (Å²) in [6.07, 6.45) is 6.23. The third kappa shape index (κ3) is 3.03. The van der Waals surface area contributed by atoms with E-state index in [-0.39, 0.29) is 0 Å². The lowest BCUT2D eigenvalue weighted by molar-refractivity contribution is 0.343. The van der Waals surface area contributed by atoms with E-state index in [1.54, 1.807) is 0 Å². The second-order valence-corrected chi connectivity index (χ2v) is 6.16. The number of aryl methyl sites for hydroxylation is 1. The maximum absolute atomic E-state index is 5.97. The Morgan fingerprint density at radius 1 is 1.33 bits per heavy atom. The van der Waals surface area contributed by atoms with E-state index in [1.807, 2.05) is 13.0 Å². The molecule has 1 heterocycles.